The Bertz CT molecular complexity index is 877. The van der Waals surface area contributed by atoms with Gasteiger partial charge in [-0.15, -0.1) is 11.3 Å². The molecule has 0 spiro atoms. The lowest BCUT2D eigenvalue weighted by Crippen LogP contribution is -2.30. The summed E-state index contributed by atoms with van der Waals surface area (Å²) in [6.07, 6.45) is 3.00. The van der Waals surface area contributed by atoms with Crippen LogP contribution in [0.25, 0.3) is 10.2 Å². The van der Waals surface area contributed by atoms with Gasteiger partial charge in [0.25, 0.3) is 0 Å². The van der Waals surface area contributed by atoms with Gasteiger partial charge < -0.3 is 20.3 Å². The first-order chi connectivity index (χ1) is 12.8. The van der Waals surface area contributed by atoms with Gasteiger partial charge in [-0.05, 0) is 43.7 Å². The van der Waals surface area contributed by atoms with Crippen molar-refractivity contribution in [1.82, 2.24) is 4.98 Å². The molecule has 1 aliphatic heterocycles. The van der Waals surface area contributed by atoms with E-state index in [9.17, 15) is 0 Å². The number of hydrogen-bond donors (Lipinski definition) is 1. The molecule has 1 aliphatic rings. The normalized spacial score (nSPS) is 15.3. The number of hydrogen-bond acceptors (Lipinski definition) is 6. The van der Waals surface area contributed by atoms with Gasteiger partial charge in [0.05, 0.1) is 23.4 Å². The Kier molecular flexibility index (Phi) is 4.84. The summed E-state index contributed by atoms with van der Waals surface area (Å²) in [6.45, 7) is 6.75. The molecule has 1 aromatic carbocycles. The van der Waals surface area contributed by atoms with E-state index >= 15 is 0 Å². The van der Waals surface area contributed by atoms with Gasteiger partial charge in [-0.25, -0.2) is 4.98 Å². The summed E-state index contributed by atoms with van der Waals surface area (Å²) >= 11 is 1.61. The summed E-state index contributed by atoms with van der Waals surface area (Å²) in [7, 11) is 0. The molecule has 6 heteroatoms. The lowest BCUT2D eigenvalue weighted by atomic mass is 10.2. The molecule has 0 atom stereocenters. The molecule has 0 radical (unpaired) electrons. The average molecular weight is 369 g/mol. The number of ether oxygens (including phenoxy) is 1. The van der Waals surface area contributed by atoms with E-state index < -0.39 is 0 Å². The molecule has 4 rings (SSSR count). The molecule has 0 unspecified atom stereocenters. The summed E-state index contributed by atoms with van der Waals surface area (Å²) in [5.74, 6) is 0.930. The SMILES string of the molecule is CCOc1ccc(N2CCCN(c3ccnc4scc(N)c34)CC2)cc1. The van der Waals surface area contributed by atoms with Gasteiger partial charge in [0.2, 0.25) is 0 Å². The zero-order valence-corrected chi connectivity index (χ0v) is 15.8. The molecule has 2 N–H and O–H groups in total. The molecule has 1 fully saturated rings. The van der Waals surface area contributed by atoms with Crippen molar-refractivity contribution in [2.75, 3.05) is 48.3 Å². The third kappa shape index (κ3) is 3.29. The minimum atomic E-state index is 0.699. The molecule has 26 heavy (non-hydrogen) atoms. The number of rotatable bonds is 4. The Labute approximate surface area is 158 Å². The van der Waals surface area contributed by atoms with E-state index in [1.807, 2.05) is 18.5 Å². The molecule has 136 valence electrons. The van der Waals surface area contributed by atoms with Crippen LogP contribution < -0.4 is 20.3 Å². The van der Waals surface area contributed by atoms with Crippen LogP contribution in [0, 0.1) is 0 Å². The Balaban J connectivity index is 1.52. The molecule has 0 bridgehead atoms. The van der Waals surface area contributed by atoms with Crippen molar-refractivity contribution < 1.29 is 4.74 Å². The van der Waals surface area contributed by atoms with Crippen molar-refractivity contribution in [2.45, 2.75) is 13.3 Å². The van der Waals surface area contributed by atoms with Crippen molar-refractivity contribution in [1.29, 1.82) is 0 Å². The fourth-order valence-corrected chi connectivity index (χ4v) is 4.39. The number of nitrogens with zero attached hydrogens (tertiary/aromatic N) is 3. The molecular weight excluding hydrogens is 344 g/mol. The number of anilines is 3. The third-order valence-electron chi connectivity index (χ3n) is 4.83. The van der Waals surface area contributed by atoms with Crippen LogP contribution in [-0.4, -0.2) is 37.8 Å². The number of nitrogen functional groups attached to an aromatic ring is 1. The van der Waals surface area contributed by atoms with Crippen molar-refractivity contribution in [3.8, 4) is 5.75 Å². The Hall–Kier alpha value is -2.47. The second-order valence-electron chi connectivity index (χ2n) is 6.46. The van der Waals surface area contributed by atoms with Crippen LogP contribution in [0.3, 0.4) is 0 Å². The lowest BCUT2D eigenvalue weighted by Gasteiger charge is -2.25. The highest BCUT2D eigenvalue weighted by molar-refractivity contribution is 7.17. The van der Waals surface area contributed by atoms with Gasteiger partial charge in [0, 0.05) is 43.4 Å². The first kappa shape index (κ1) is 17.0. The zero-order chi connectivity index (χ0) is 17.9. The number of benzene rings is 1. The fourth-order valence-electron chi connectivity index (χ4n) is 3.57. The predicted octanol–water partition coefficient (Wildman–Crippen LogP) is 3.99. The summed E-state index contributed by atoms with van der Waals surface area (Å²) in [4.78, 5) is 10.4. The topological polar surface area (TPSA) is 54.6 Å². The third-order valence-corrected chi connectivity index (χ3v) is 5.73. The molecule has 3 heterocycles. The average Bonchev–Trinajstić information content (AvgIpc) is 2.90. The van der Waals surface area contributed by atoms with E-state index in [0.29, 0.717) is 6.61 Å². The fraction of sp³-hybridized carbons (Fsp3) is 0.350. The van der Waals surface area contributed by atoms with Crippen LogP contribution in [0.1, 0.15) is 13.3 Å². The van der Waals surface area contributed by atoms with Gasteiger partial charge in [0.1, 0.15) is 10.6 Å². The number of aromatic nitrogens is 1. The monoisotopic (exact) mass is 368 g/mol. The molecule has 2 aromatic heterocycles. The molecule has 1 saturated heterocycles. The second-order valence-corrected chi connectivity index (χ2v) is 7.31. The van der Waals surface area contributed by atoms with Crippen LogP contribution in [0.15, 0.2) is 41.9 Å². The van der Waals surface area contributed by atoms with E-state index in [1.54, 1.807) is 11.3 Å². The minimum absolute atomic E-state index is 0.699. The summed E-state index contributed by atoms with van der Waals surface area (Å²) in [5, 5.41) is 3.10. The van der Waals surface area contributed by atoms with Crippen molar-refractivity contribution in [2.24, 2.45) is 0 Å². The molecule has 3 aromatic rings. The summed E-state index contributed by atoms with van der Waals surface area (Å²) in [6, 6.07) is 10.5. The molecule has 0 amide bonds. The summed E-state index contributed by atoms with van der Waals surface area (Å²) < 4.78 is 5.55. The molecule has 5 nitrogen and oxygen atoms in total. The molecular formula is C20H24N4OS. The Morgan fingerprint density at radius 3 is 2.65 bits per heavy atom. The quantitative estimate of drug-likeness (QED) is 0.754. The van der Waals surface area contributed by atoms with Gasteiger partial charge in [0.15, 0.2) is 0 Å². The highest BCUT2D eigenvalue weighted by Crippen LogP contribution is 2.35. The van der Waals surface area contributed by atoms with Gasteiger partial charge >= 0.3 is 0 Å². The maximum Gasteiger partial charge on any atom is 0.127 e. The van der Waals surface area contributed by atoms with Crippen LogP contribution in [0.2, 0.25) is 0 Å². The maximum atomic E-state index is 6.20. The van der Waals surface area contributed by atoms with E-state index in [-0.39, 0.29) is 0 Å². The van der Waals surface area contributed by atoms with Crippen LogP contribution in [0.4, 0.5) is 17.1 Å². The standard InChI is InChI=1S/C20H24N4OS/c1-2-25-16-6-4-15(5-7-16)23-10-3-11-24(13-12-23)18-8-9-22-20-19(18)17(21)14-26-20/h4-9,14H,2-3,10-13,21H2,1H3. The lowest BCUT2D eigenvalue weighted by molar-refractivity contribution is 0.340. The predicted molar refractivity (Wildman–Crippen MR) is 111 cm³/mol. The Morgan fingerprint density at radius 1 is 1.08 bits per heavy atom. The van der Waals surface area contributed by atoms with Crippen LogP contribution in [0.5, 0.6) is 5.75 Å². The van der Waals surface area contributed by atoms with Gasteiger partial charge in [-0.3, -0.25) is 0 Å². The van der Waals surface area contributed by atoms with E-state index in [1.165, 1.54) is 11.4 Å². The van der Waals surface area contributed by atoms with Crippen LogP contribution in [-0.2, 0) is 0 Å². The highest BCUT2D eigenvalue weighted by Gasteiger charge is 2.19. The second kappa shape index (κ2) is 7.41. The van der Waals surface area contributed by atoms with Crippen molar-refractivity contribution >= 4 is 38.6 Å². The Morgan fingerprint density at radius 2 is 1.85 bits per heavy atom. The largest absolute Gasteiger partial charge is 0.494 e. The number of nitrogens with two attached hydrogens (primary N) is 1. The number of fused-ring (bicyclic) bond motifs is 1. The van der Waals surface area contributed by atoms with E-state index in [0.717, 1.165) is 54.3 Å². The van der Waals surface area contributed by atoms with Crippen molar-refractivity contribution in [3.63, 3.8) is 0 Å². The first-order valence-electron chi connectivity index (χ1n) is 9.10. The number of thiophene rings is 1. The summed E-state index contributed by atoms with van der Waals surface area (Å²) in [5.41, 5.74) is 9.50. The van der Waals surface area contributed by atoms with E-state index in [2.05, 4.69) is 45.1 Å². The van der Waals surface area contributed by atoms with E-state index in [4.69, 9.17) is 10.5 Å². The minimum Gasteiger partial charge on any atom is -0.494 e. The van der Waals surface area contributed by atoms with Gasteiger partial charge in [-0.2, -0.15) is 0 Å². The first-order valence-corrected chi connectivity index (χ1v) is 9.98. The van der Waals surface area contributed by atoms with Gasteiger partial charge in [-0.1, -0.05) is 0 Å². The number of pyridine rings is 1. The molecule has 0 saturated carbocycles. The highest BCUT2D eigenvalue weighted by atomic mass is 32.1. The smallest absolute Gasteiger partial charge is 0.127 e. The molecule has 0 aliphatic carbocycles. The van der Waals surface area contributed by atoms with Crippen molar-refractivity contribution in [3.05, 3.63) is 41.9 Å². The zero-order valence-electron chi connectivity index (χ0n) is 15.0. The van der Waals surface area contributed by atoms with Crippen LogP contribution >= 0.6 is 11.3 Å². The maximum absolute atomic E-state index is 6.20.